The van der Waals surface area contributed by atoms with E-state index >= 15 is 0 Å². The number of aliphatic hydroxyl groups excluding tert-OH is 1. The predicted molar refractivity (Wildman–Crippen MR) is 62.9 cm³/mol. The predicted octanol–water partition coefficient (Wildman–Crippen LogP) is 3.12. The summed E-state index contributed by atoms with van der Waals surface area (Å²) >= 11 is 0. The quantitative estimate of drug-likeness (QED) is 0.802. The summed E-state index contributed by atoms with van der Waals surface area (Å²) < 4.78 is 0. The van der Waals surface area contributed by atoms with Gasteiger partial charge in [-0.25, -0.2) is 0 Å². The molecule has 15 heavy (non-hydrogen) atoms. The Balaban J connectivity index is 2.10. The molecule has 0 spiro atoms. The molecule has 0 bridgehead atoms. The molecular formula is C14H20O. The molecule has 3 atom stereocenters. The monoisotopic (exact) mass is 204 g/mol. The van der Waals surface area contributed by atoms with Crippen molar-refractivity contribution < 1.29 is 5.11 Å². The summed E-state index contributed by atoms with van der Waals surface area (Å²) in [5.74, 6) is 1.23. The van der Waals surface area contributed by atoms with Crippen molar-refractivity contribution in [1.29, 1.82) is 0 Å². The fraction of sp³-hybridized carbons (Fsp3) is 0.571. The first-order chi connectivity index (χ1) is 7.07. The molecule has 1 aliphatic carbocycles. The van der Waals surface area contributed by atoms with Gasteiger partial charge in [-0.05, 0) is 36.2 Å². The Morgan fingerprint density at radius 3 is 2.47 bits per heavy atom. The van der Waals surface area contributed by atoms with Gasteiger partial charge in [0.05, 0.1) is 0 Å². The summed E-state index contributed by atoms with van der Waals surface area (Å²) in [4.78, 5) is 0. The molecule has 0 aromatic heterocycles. The minimum Gasteiger partial charge on any atom is -0.396 e. The molecule has 1 fully saturated rings. The number of aliphatic hydroxyl groups is 1. The topological polar surface area (TPSA) is 20.2 Å². The van der Waals surface area contributed by atoms with Gasteiger partial charge in [0.1, 0.15) is 0 Å². The van der Waals surface area contributed by atoms with E-state index in [1.54, 1.807) is 0 Å². The van der Waals surface area contributed by atoms with Gasteiger partial charge in [-0.3, -0.25) is 0 Å². The molecule has 0 radical (unpaired) electrons. The first kappa shape index (κ1) is 10.7. The van der Waals surface area contributed by atoms with Gasteiger partial charge in [-0.1, -0.05) is 43.7 Å². The summed E-state index contributed by atoms with van der Waals surface area (Å²) in [6, 6.07) is 8.78. The van der Waals surface area contributed by atoms with Crippen LogP contribution in [0.25, 0.3) is 0 Å². The third-order valence-corrected chi connectivity index (χ3v) is 3.99. The highest BCUT2D eigenvalue weighted by atomic mass is 16.3. The Hall–Kier alpha value is -0.820. The molecule has 1 heteroatoms. The van der Waals surface area contributed by atoms with E-state index in [9.17, 15) is 5.11 Å². The average Bonchev–Trinajstić information content (AvgIpc) is 2.92. The van der Waals surface area contributed by atoms with E-state index in [0.717, 1.165) is 0 Å². The van der Waals surface area contributed by atoms with Crippen molar-refractivity contribution in [1.82, 2.24) is 0 Å². The molecular weight excluding hydrogens is 184 g/mol. The average molecular weight is 204 g/mol. The molecule has 1 aromatic carbocycles. The molecule has 0 saturated heterocycles. The van der Waals surface area contributed by atoms with Crippen LogP contribution in [0.2, 0.25) is 0 Å². The van der Waals surface area contributed by atoms with E-state index in [4.69, 9.17) is 0 Å². The zero-order valence-electron chi connectivity index (χ0n) is 9.83. The summed E-state index contributed by atoms with van der Waals surface area (Å²) in [5.41, 5.74) is 2.90. The first-order valence-corrected chi connectivity index (χ1v) is 5.74. The lowest BCUT2D eigenvalue weighted by Gasteiger charge is -2.15. The first-order valence-electron chi connectivity index (χ1n) is 5.74. The van der Waals surface area contributed by atoms with Crippen molar-refractivity contribution in [3.63, 3.8) is 0 Å². The smallest absolute Gasteiger partial charge is 0.0487 e. The normalized spacial score (nSPS) is 31.3. The molecule has 1 aliphatic rings. The molecule has 0 unspecified atom stereocenters. The van der Waals surface area contributed by atoms with Crippen LogP contribution in [0.15, 0.2) is 24.3 Å². The second kappa shape index (κ2) is 3.64. The SMILES string of the molecule is Cc1ccc([C@H](C)[C@@H]2C[C@]2(C)CO)cc1. The molecule has 1 nitrogen and oxygen atoms in total. The minimum absolute atomic E-state index is 0.185. The van der Waals surface area contributed by atoms with Crippen LogP contribution >= 0.6 is 0 Å². The highest BCUT2D eigenvalue weighted by molar-refractivity contribution is 5.26. The van der Waals surface area contributed by atoms with Gasteiger partial charge in [-0.15, -0.1) is 0 Å². The Morgan fingerprint density at radius 2 is 2.00 bits per heavy atom. The molecule has 1 aromatic rings. The maximum Gasteiger partial charge on any atom is 0.0487 e. The summed E-state index contributed by atoms with van der Waals surface area (Å²) in [6.07, 6.45) is 1.17. The van der Waals surface area contributed by atoms with Crippen LogP contribution in [-0.4, -0.2) is 11.7 Å². The van der Waals surface area contributed by atoms with Crippen molar-refractivity contribution in [2.45, 2.75) is 33.1 Å². The van der Waals surface area contributed by atoms with Gasteiger partial charge in [0, 0.05) is 6.61 Å². The van der Waals surface area contributed by atoms with Crippen LogP contribution in [0.5, 0.6) is 0 Å². The van der Waals surface area contributed by atoms with Gasteiger partial charge in [0.15, 0.2) is 0 Å². The maximum absolute atomic E-state index is 9.28. The third kappa shape index (κ3) is 1.93. The molecule has 0 amide bonds. The number of aryl methyl sites for hydroxylation is 1. The number of benzene rings is 1. The number of hydrogen-bond donors (Lipinski definition) is 1. The fourth-order valence-corrected chi connectivity index (χ4v) is 2.51. The number of rotatable bonds is 3. The van der Waals surface area contributed by atoms with Crippen LogP contribution < -0.4 is 0 Å². The largest absolute Gasteiger partial charge is 0.396 e. The van der Waals surface area contributed by atoms with E-state index in [1.807, 2.05) is 0 Å². The van der Waals surface area contributed by atoms with Gasteiger partial charge >= 0.3 is 0 Å². The Morgan fingerprint density at radius 1 is 1.40 bits per heavy atom. The molecule has 82 valence electrons. The van der Waals surface area contributed by atoms with E-state index in [0.29, 0.717) is 18.4 Å². The van der Waals surface area contributed by atoms with Crippen molar-refractivity contribution in [2.75, 3.05) is 6.61 Å². The highest BCUT2D eigenvalue weighted by Crippen LogP contribution is 2.58. The molecule has 1 N–H and O–H groups in total. The Kier molecular flexibility index (Phi) is 2.59. The lowest BCUT2D eigenvalue weighted by Crippen LogP contribution is -2.08. The van der Waals surface area contributed by atoms with Gasteiger partial charge in [0.25, 0.3) is 0 Å². The van der Waals surface area contributed by atoms with E-state index in [1.165, 1.54) is 17.5 Å². The highest BCUT2D eigenvalue weighted by Gasteiger charge is 2.52. The summed E-state index contributed by atoms with van der Waals surface area (Å²) in [5, 5.41) is 9.28. The van der Waals surface area contributed by atoms with Crippen LogP contribution in [0.3, 0.4) is 0 Å². The summed E-state index contributed by atoms with van der Waals surface area (Å²) in [7, 11) is 0. The molecule has 0 heterocycles. The Bertz CT molecular complexity index is 341. The molecule has 1 saturated carbocycles. The van der Waals surface area contributed by atoms with Crippen molar-refractivity contribution in [3.05, 3.63) is 35.4 Å². The standard InChI is InChI=1S/C14H20O/c1-10-4-6-12(7-5-10)11(2)13-8-14(13,3)9-15/h4-7,11,13,15H,8-9H2,1-3H3/t11-,13-,14+/m0/s1. The van der Waals surface area contributed by atoms with Crippen molar-refractivity contribution in [3.8, 4) is 0 Å². The zero-order valence-corrected chi connectivity index (χ0v) is 9.83. The van der Waals surface area contributed by atoms with Crippen LogP contribution in [0, 0.1) is 18.3 Å². The van der Waals surface area contributed by atoms with Crippen LogP contribution in [0.4, 0.5) is 0 Å². The van der Waals surface area contributed by atoms with E-state index < -0.39 is 0 Å². The van der Waals surface area contributed by atoms with E-state index in [2.05, 4.69) is 45.0 Å². The van der Waals surface area contributed by atoms with Gasteiger partial charge in [0.2, 0.25) is 0 Å². The van der Waals surface area contributed by atoms with Crippen LogP contribution in [0.1, 0.15) is 37.3 Å². The molecule has 0 aliphatic heterocycles. The number of hydrogen-bond acceptors (Lipinski definition) is 1. The zero-order chi connectivity index (χ0) is 11.1. The second-order valence-electron chi connectivity index (χ2n) is 5.32. The van der Waals surface area contributed by atoms with E-state index in [-0.39, 0.29) is 5.41 Å². The van der Waals surface area contributed by atoms with Crippen LogP contribution in [-0.2, 0) is 0 Å². The molecule has 2 rings (SSSR count). The van der Waals surface area contributed by atoms with Crippen molar-refractivity contribution >= 4 is 0 Å². The van der Waals surface area contributed by atoms with Gasteiger partial charge in [-0.2, -0.15) is 0 Å². The minimum atomic E-state index is 0.185. The van der Waals surface area contributed by atoms with Crippen molar-refractivity contribution in [2.24, 2.45) is 11.3 Å². The lowest BCUT2D eigenvalue weighted by molar-refractivity contribution is 0.207. The maximum atomic E-state index is 9.28. The lowest BCUT2D eigenvalue weighted by atomic mass is 9.91. The fourth-order valence-electron chi connectivity index (χ4n) is 2.51. The summed E-state index contributed by atoms with van der Waals surface area (Å²) in [6.45, 7) is 6.90. The van der Waals surface area contributed by atoms with Gasteiger partial charge < -0.3 is 5.11 Å². The Labute approximate surface area is 92.1 Å². The third-order valence-electron chi connectivity index (χ3n) is 3.99. The second-order valence-corrected chi connectivity index (χ2v) is 5.32.